The molecule has 1 aromatic carbocycles. The van der Waals surface area contributed by atoms with E-state index >= 15 is 0 Å². The molecule has 0 bridgehead atoms. The summed E-state index contributed by atoms with van der Waals surface area (Å²) >= 11 is 0. The molecule has 0 aromatic heterocycles. The second-order valence-corrected chi connectivity index (χ2v) is 10.6. The number of carbonyl (C=O) groups is 3. The van der Waals surface area contributed by atoms with Crippen LogP contribution in [0.1, 0.15) is 73.7 Å². The molecule has 2 saturated heterocycles. The van der Waals surface area contributed by atoms with E-state index in [0.717, 1.165) is 29.6 Å². The molecule has 176 valence electrons. The van der Waals surface area contributed by atoms with Crippen LogP contribution in [-0.2, 0) is 16.1 Å². The fraction of sp³-hybridized carbons (Fsp3) is 0.654. The lowest BCUT2D eigenvalue weighted by Gasteiger charge is -2.52. The van der Waals surface area contributed by atoms with Crippen LogP contribution >= 0.6 is 0 Å². The highest BCUT2D eigenvalue weighted by Crippen LogP contribution is 2.41. The van der Waals surface area contributed by atoms with Crippen molar-refractivity contribution in [1.29, 1.82) is 0 Å². The minimum absolute atomic E-state index is 0.135. The quantitative estimate of drug-likeness (QED) is 0.697. The van der Waals surface area contributed by atoms with E-state index in [1.165, 1.54) is 51.6 Å². The van der Waals surface area contributed by atoms with E-state index in [1.54, 1.807) is 4.90 Å². The van der Waals surface area contributed by atoms with Crippen LogP contribution in [0.3, 0.4) is 0 Å². The van der Waals surface area contributed by atoms with Gasteiger partial charge in [-0.2, -0.15) is 0 Å². The Labute approximate surface area is 194 Å². The van der Waals surface area contributed by atoms with Crippen LogP contribution in [0.2, 0.25) is 0 Å². The summed E-state index contributed by atoms with van der Waals surface area (Å²) in [5, 5.41) is 2.36. The van der Waals surface area contributed by atoms with Gasteiger partial charge < -0.3 is 9.64 Å². The number of hydrogen-bond donors (Lipinski definition) is 1. The SMILES string of the molecule is O=C1CCC(N2Cc3cc(O[C@@H]4CCCC[C@H]4N4CC(C5CCC5)C4)ccc3C2=O)C(=O)N1. The summed E-state index contributed by atoms with van der Waals surface area (Å²) in [7, 11) is 0. The van der Waals surface area contributed by atoms with Crippen molar-refractivity contribution >= 4 is 17.7 Å². The van der Waals surface area contributed by atoms with Crippen molar-refractivity contribution in [2.75, 3.05) is 13.1 Å². The number of nitrogens with zero attached hydrogens (tertiary/aromatic N) is 2. The van der Waals surface area contributed by atoms with Crippen LogP contribution in [0, 0.1) is 11.8 Å². The summed E-state index contributed by atoms with van der Waals surface area (Å²) in [5.74, 6) is 1.91. The summed E-state index contributed by atoms with van der Waals surface area (Å²) in [6, 6.07) is 5.64. The number of likely N-dealkylation sites (tertiary alicyclic amines) is 1. The average Bonchev–Trinajstić information content (AvgIpc) is 3.05. The number of carbonyl (C=O) groups excluding carboxylic acids is 3. The van der Waals surface area contributed by atoms with Gasteiger partial charge >= 0.3 is 0 Å². The highest BCUT2D eigenvalue weighted by molar-refractivity contribution is 6.05. The molecule has 1 aromatic rings. The average molecular weight is 452 g/mol. The summed E-state index contributed by atoms with van der Waals surface area (Å²) in [6.07, 6.45) is 9.87. The minimum atomic E-state index is -0.579. The highest BCUT2D eigenvalue weighted by atomic mass is 16.5. The molecule has 2 saturated carbocycles. The Balaban J connectivity index is 1.12. The Kier molecular flexibility index (Phi) is 5.40. The van der Waals surface area contributed by atoms with E-state index < -0.39 is 6.04 Å². The van der Waals surface area contributed by atoms with Gasteiger partial charge in [-0.25, -0.2) is 0 Å². The third-order valence-electron chi connectivity index (χ3n) is 8.67. The third-order valence-corrected chi connectivity index (χ3v) is 8.67. The van der Waals surface area contributed by atoms with Gasteiger partial charge in [0.05, 0.1) is 0 Å². The molecule has 1 N–H and O–H groups in total. The van der Waals surface area contributed by atoms with Gasteiger partial charge in [-0.05, 0) is 61.3 Å². The van der Waals surface area contributed by atoms with Gasteiger partial charge in [0, 0.05) is 37.7 Å². The molecule has 2 aliphatic carbocycles. The zero-order valence-electron chi connectivity index (χ0n) is 19.1. The zero-order chi connectivity index (χ0) is 22.5. The number of hydrogen-bond acceptors (Lipinski definition) is 5. The number of amides is 3. The lowest BCUT2D eigenvalue weighted by atomic mass is 9.71. The largest absolute Gasteiger partial charge is 0.489 e. The van der Waals surface area contributed by atoms with E-state index in [1.807, 2.05) is 18.2 Å². The van der Waals surface area contributed by atoms with E-state index in [4.69, 9.17) is 4.74 Å². The lowest BCUT2D eigenvalue weighted by molar-refractivity contribution is -0.136. The van der Waals surface area contributed by atoms with Crippen LogP contribution in [0.4, 0.5) is 0 Å². The Bertz CT molecular complexity index is 968. The standard InChI is InChI=1S/C26H33N3O4/c30-24-11-10-22(25(31)27-24)29-15-17-12-19(8-9-20(17)26(29)32)33-23-7-2-1-6-21(23)28-13-18(14-28)16-4-3-5-16/h8-9,12,16,18,21-23H,1-7,10-11,13-15H2,(H,27,30,31)/t21-,22?,23-/m1/s1. The van der Waals surface area contributed by atoms with E-state index in [2.05, 4.69) is 10.2 Å². The van der Waals surface area contributed by atoms with Crippen molar-refractivity contribution in [2.24, 2.45) is 11.8 Å². The predicted molar refractivity (Wildman–Crippen MR) is 122 cm³/mol. The second kappa shape index (κ2) is 8.42. The molecule has 7 heteroatoms. The first-order valence-corrected chi connectivity index (χ1v) is 12.7. The van der Waals surface area contributed by atoms with E-state index in [-0.39, 0.29) is 30.2 Å². The van der Waals surface area contributed by atoms with Crippen molar-refractivity contribution < 1.29 is 19.1 Å². The maximum atomic E-state index is 12.9. The highest BCUT2D eigenvalue weighted by Gasteiger charge is 2.43. The number of nitrogens with one attached hydrogen (secondary N) is 1. The maximum Gasteiger partial charge on any atom is 0.255 e. The van der Waals surface area contributed by atoms with E-state index in [0.29, 0.717) is 24.6 Å². The number of rotatable bonds is 5. The van der Waals surface area contributed by atoms with Crippen molar-refractivity contribution in [2.45, 2.75) is 82.5 Å². The second-order valence-electron chi connectivity index (χ2n) is 10.6. The van der Waals surface area contributed by atoms with Gasteiger partial charge in [0.15, 0.2) is 0 Å². The molecule has 3 aliphatic heterocycles. The van der Waals surface area contributed by atoms with Crippen LogP contribution in [0.25, 0.3) is 0 Å². The Hall–Kier alpha value is -2.41. The fourth-order valence-corrected chi connectivity index (χ4v) is 6.46. The molecule has 0 spiro atoms. The predicted octanol–water partition coefficient (Wildman–Crippen LogP) is 2.87. The third kappa shape index (κ3) is 3.84. The minimum Gasteiger partial charge on any atom is -0.489 e. The Morgan fingerprint density at radius 3 is 2.48 bits per heavy atom. The zero-order valence-corrected chi connectivity index (χ0v) is 19.1. The summed E-state index contributed by atoms with van der Waals surface area (Å²) in [6.45, 7) is 2.85. The van der Waals surface area contributed by atoms with Crippen LogP contribution in [-0.4, -0.2) is 58.8 Å². The fourth-order valence-electron chi connectivity index (χ4n) is 6.46. The van der Waals surface area contributed by atoms with Gasteiger partial charge in [-0.3, -0.25) is 24.6 Å². The topological polar surface area (TPSA) is 79.0 Å². The first kappa shape index (κ1) is 21.1. The van der Waals surface area contributed by atoms with Gasteiger partial charge in [0.1, 0.15) is 17.9 Å². The molecular weight excluding hydrogens is 418 g/mol. The number of ether oxygens (including phenoxy) is 1. The number of piperidine rings is 1. The monoisotopic (exact) mass is 451 g/mol. The molecule has 3 heterocycles. The molecule has 0 radical (unpaired) electrons. The van der Waals surface area contributed by atoms with Crippen molar-refractivity contribution in [3.05, 3.63) is 29.3 Å². The van der Waals surface area contributed by atoms with Crippen LogP contribution in [0.15, 0.2) is 18.2 Å². The van der Waals surface area contributed by atoms with E-state index in [9.17, 15) is 14.4 Å². The number of imide groups is 1. The number of benzene rings is 1. The van der Waals surface area contributed by atoms with Gasteiger partial charge in [0.25, 0.3) is 5.91 Å². The summed E-state index contributed by atoms with van der Waals surface area (Å²) in [5.41, 5.74) is 1.54. The molecular formula is C26H33N3O4. The maximum absolute atomic E-state index is 12.9. The van der Waals surface area contributed by atoms with Gasteiger partial charge in [-0.15, -0.1) is 0 Å². The summed E-state index contributed by atoms with van der Waals surface area (Å²) < 4.78 is 6.54. The Morgan fingerprint density at radius 1 is 0.909 bits per heavy atom. The smallest absolute Gasteiger partial charge is 0.255 e. The number of fused-ring (bicyclic) bond motifs is 1. The first-order valence-electron chi connectivity index (χ1n) is 12.7. The van der Waals surface area contributed by atoms with Crippen LogP contribution < -0.4 is 10.1 Å². The molecule has 33 heavy (non-hydrogen) atoms. The van der Waals surface area contributed by atoms with Crippen molar-refractivity contribution in [3.63, 3.8) is 0 Å². The molecule has 7 nitrogen and oxygen atoms in total. The van der Waals surface area contributed by atoms with Crippen LogP contribution in [0.5, 0.6) is 5.75 Å². The van der Waals surface area contributed by atoms with Gasteiger partial charge in [-0.1, -0.05) is 25.7 Å². The molecule has 4 fully saturated rings. The Morgan fingerprint density at radius 2 is 1.73 bits per heavy atom. The molecule has 3 amide bonds. The lowest BCUT2D eigenvalue weighted by Crippen LogP contribution is -2.60. The molecule has 3 atom stereocenters. The molecule has 1 unspecified atom stereocenters. The first-order chi connectivity index (χ1) is 16.1. The van der Waals surface area contributed by atoms with Crippen molar-refractivity contribution in [1.82, 2.24) is 15.1 Å². The molecule has 6 rings (SSSR count). The van der Waals surface area contributed by atoms with Crippen molar-refractivity contribution in [3.8, 4) is 5.75 Å². The molecule has 5 aliphatic rings. The summed E-state index contributed by atoms with van der Waals surface area (Å²) in [4.78, 5) is 41.0. The van der Waals surface area contributed by atoms with Gasteiger partial charge in [0.2, 0.25) is 11.8 Å². The normalized spacial score (nSPS) is 31.1.